The van der Waals surface area contributed by atoms with Crippen molar-refractivity contribution >= 4 is 16.7 Å². The van der Waals surface area contributed by atoms with Crippen LogP contribution in [-0.2, 0) is 10.7 Å². The van der Waals surface area contributed by atoms with Gasteiger partial charge in [-0.1, -0.05) is 0 Å². The third kappa shape index (κ3) is 4.58. The van der Waals surface area contributed by atoms with Gasteiger partial charge in [0, 0.05) is 37.6 Å². The first-order valence-electron chi connectivity index (χ1n) is 8.52. The molecule has 7 nitrogen and oxygen atoms in total. The van der Waals surface area contributed by atoms with Crippen molar-refractivity contribution < 1.29 is 26.7 Å². The third-order valence-corrected chi connectivity index (χ3v) is 4.00. The monoisotopic (exact) mass is 416 g/mol. The lowest BCUT2D eigenvalue weighted by Crippen LogP contribution is -2.30. The summed E-state index contributed by atoms with van der Waals surface area (Å²) in [5.41, 5.74) is 1.05. The fraction of sp³-hybridized carbons (Fsp3) is 0.412. The minimum absolute atomic E-state index is 0.0474. The van der Waals surface area contributed by atoms with Gasteiger partial charge in [0.15, 0.2) is 11.6 Å². The van der Waals surface area contributed by atoms with E-state index in [9.17, 15) is 22.0 Å². The highest BCUT2D eigenvalue weighted by Crippen LogP contribution is 2.30. The number of ether oxygens (including phenoxy) is 1. The summed E-state index contributed by atoms with van der Waals surface area (Å²) in [5.74, 6) is -3.76. The normalized spacial score (nSPS) is 12.6. The van der Waals surface area contributed by atoms with Crippen LogP contribution in [0.4, 0.5) is 27.8 Å². The number of pyridine rings is 1. The molecule has 0 radical (unpaired) electrons. The van der Waals surface area contributed by atoms with Crippen LogP contribution in [0.5, 0.6) is 0 Å². The van der Waals surface area contributed by atoms with Crippen molar-refractivity contribution in [2.24, 2.45) is 0 Å². The molecule has 3 aromatic rings. The molecule has 3 aromatic heterocycles. The van der Waals surface area contributed by atoms with Gasteiger partial charge >= 0.3 is 12.3 Å². The van der Waals surface area contributed by atoms with Gasteiger partial charge in [0.1, 0.15) is 6.73 Å². The van der Waals surface area contributed by atoms with E-state index in [1.54, 1.807) is 19.9 Å². The Hall–Kier alpha value is -2.89. The van der Waals surface area contributed by atoms with Gasteiger partial charge in [0.2, 0.25) is 5.82 Å². The van der Waals surface area contributed by atoms with Crippen LogP contribution in [0.1, 0.15) is 25.4 Å². The molecular formula is C17H17F5N6O. The van der Waals surface area contributed by atoms with Crippen molar-refractivity contribution in [2.45, 2.75) is 33.1 Å². The molecule has 0 bridgehead atoms. The first-order valence-corrected chi connectivity index (χ1v) is 8.52. The van der Waals surface area contributed by atoms with Crippen LogP contribution in [0.25, 0.3) is 16.7 Å². The van der Waals surface area contributed by atoms with Gasteiger partial charge < -0.3 is 4.90 Å². The predicted molar refractivity (Wildman–Crippen MR) is 93.8 cm³/mol. The number of halogens is 5. The maximum atomic E-state index is 13.6. The summed E-state index contributed by atoms with van der Waals surface area (Å²) >= 11 is 0. The number of aryl methyl sites for hydroxylation is 1. The summed E-state index contributed by atoms with van der Waals surface area (Å²) in [4.78, 5) is 12.9. The number of hydrogen-bond acceptors (Lipinski definition) is 6. The van der Waals surface area contributed by atoms with E-state index in [2.05, 4.69) is 24.8 Å². The molecule has 3 heterocycles. The van der Waals surface area contributed by atoms with Gasteiger partial charge in [0.25, 0.3) is 0 Å². The zero-order chi connectivity index (χ0) is 21.4. The van der Waals surface area contributed by atoms with E-state index < -0.39 is 24.8 Å². The SMILES string of the molecule is CCN(COC(F)(F)F)c1nn(-c2ccnc(C(C)(F)F)n2)c2cc(C)ncc12. The smallest absolute Gasteiger partial charge is 0.331 e. The molecule has 29 heavy (non-hydrogen) atoms. The number of nitrogens with zero attached hydrogens (tertiary/aromatic N) is 6. The number of aromatic nitrogens is 5. The molecule has 0 saturated carbocycles. The lowest BCUT2D eigenvalue weighted by atomic mass is 10.2. The first kappa shape index (κ1) is 20.8. The zero-order valence-corrected chi connectivity index (χ0v) is 15.7. The highest BCUT2D eigenvalue weighted by Gasteiger charge is 2.31. The van der Waals surface area contributed by atoms with Crippen LogP contribution in [0, 0.1) is 6.92 Å². The Balaban J connectivity index is 2.13. The molecule has 0 aliphatic carbocycles. The van der Waals surface area contributed by atoms with E-state index in [0.717, 1.165) is 0 Å². The number of rotatable bonds is 6. The molecule has 3 rings (SSSR count). The van der Waals surface area contributed by atoms with E-state index in [4.69, 9.17) is 0 Å². The van der Waals surface area contributed by atoms with Crippen LogP contribution in [0.3, 0.4) is 0 Å². The zero-order valence-electron chi connectivity index (χ0n) is 15.7. The van der Waals surface area contributed by atoms with Crippen molar-refractivity contribution in [2.75, 3.05) is 18.2 Å². The number of fused-ring (bicyclic) bond motifs is 1. The molecule has 0 N–H and O–H groups in total. The Morgan fingerprint density at radius 1 is 1.17 bits per heavy atom. The third-order valence-electron chi connectivity index (χ3n) is 4.00. The van der Waals surface area contributed by atoms with Crippen LogP contribution in [-0.4, -0.2) is 44.4 Å². The standard InChI is InChI=1S/C17H17F5N6O/c1-4-27(9-29-17(20,21)22)14-11-8-24-10(2)7-12(11)28(26-14)13-5-6-23-15(25-13)16(3,18)19/h5-8H,4,9H2,1-3H3. The van der Waals surface area contributed by atoms with Gasteiger partial charge in [-0.05, 0) is 19.9 Å². The molecule has 0 atom stereocenters. The van der Waals surface area contributed by atoms with Gasteiger partial charge in [0.05, 0.1) is 10.9 Å². The number of alkyl halides is 5. The highest BCUT2D eigenvalue weighted by molar-refractivity contribution is 5.91. The Kier molecular flexibility index (Phi) is 5.39. The minimum Gasteiger partial charge on any atom is -0.331 e. The maximum absolute atomic E-state index is 13.6. The van der Waals surface area contributed by atoms with Crippen LogP contribution in [0.2, 0.25) is 0 Å². The van der Waals surface area contributed by atoms with Gasteiger partial charge in [-0.25, -0.2) is 14.6 Å². The summed E-state index contributed by atoms with van der Waals surface area (Å²) in [7, 11) is 0. The highest BCUT2D eigenvalue weighted by atomic mass is 19.4. The number of anilines is 1. The topological polar surface area (TPSA) is 69.0 Å². The quantitative estimate of drug-likeness (QED) is 0.448. The predicted octanol–water partition coefficient (Wildman–Crippen LogP) is 3.95. The molecular weight excluding hydrogens is 399 g/mol. The summed E-state index contributed by atoms with van der Waals surface area (Å²) in [6, 6.07) is 3.01. The van der Waals surface area contributed by atoms with Gasteiger partial charge in [-0.2, -0.15) is 8.78 Å². The van der Waals surface area contributed by atoms with Crippen molar-refractivity contribution in [1.29, 1.82) is 0 Å². The summed E-state index contributed by atoms with van der Waals surface area (Å²) in [5, 5.41) is 4.74. The molecule has 0 aliphatic rings. The molecule has 0 aromatic carbocycles. The maximum Gasteiger partial charge on any atom is 0.524 e. The average Bonchev–Trinajstić information content (AvgIpc) is 2.99. The van der Waals surface area contributed by atoms with Crippen LogP contribution in [0.15, 0.2) is 24.5 Å². The fourth-order valence-corrected chi connectivity index (χ4v) is 2.64. The van der Waals surface area contributed by atoms with E-state index in [0.29, 0.717) is 23.5 Å². The van der Waals surface area contributed by atoms with Gasteiger partial charge in [-0.3, -0.25) is 9.72 Å². The van der Waals surface area contributed by atoms with Crippen molar-refractivity contribution in [3.63, 3.8) is 0 Å². The summed E-state index contributed by atoms with van der Waals surface area (Å²) in [6.45, 7) is 3.37. The molecule has 0 fully saturated rings. The molecule has 0 aliphatic heterocycles. The second-order valence-corrected chi connectivity index (χ2v) is 6.28. The van der Waals surface area contributed by atoms with Crippen molar-refractivity contribution in [1.82, 2.24) is 24.7 Å². The Morgan fingerprint density at radius 2 is 1.90 bits per heavy atom. The fourth-order valence-electron chi connectivity index (χ4n) is 2.64. The largest absolute Gasteiger partial charge is 0.524 e. The Bertz CT molecular complexity index is 1010. The van der Waals surface area contributed by atoms with E-state index in [-0.39, 0.29) is 18.2 Å². The van der Waals surface area contributed by atoms with Crippen LogP contribution < -0.4 is 4.90 Å². The Labute approximate surface area is 162 Å². The lowest BCUT2D eigenvalue weighted by Gasteiger charge is -2.21. The Morgan fingerprint density at radius 3 is 2.52 bits per heavy atom. The van der Waals surface area contributed by atoms with E-state index in [1.807, 2.05) is 0 Å². The molecule has 12 heteroatoms. The van der Waals surface area contributed by atoms with Gasteiger partial charge in [-0.15, -0.1) is 18.3 Å². The molecule has 0 amide bonds. The summed E-state index contributed by atoms with van der Waals surface area (Å²) < 4.78 is 69.9. The second-order valence-electron chi connectivity index (χ2n) is 6.28. The first-order chi connectivity index (χ1) is 13.5. The molecule has 0 saturated heterocycles. The van der Waals surface area contributed by atoms with E-state index >= 15 is 0 Å². The second kappa shape index (κ2) is 7.50. The molecule has 0 unspecified atom stereocenters. The summed E-state index contributed by atoms with van der Waals surface area (Å²) in [6.07, 6.45) is -2.19. The molecule has 0 spiro atoms. The number of hydrogen-bond donors (Lipinski definition) is 0. The van der Waals surface area contributed by atoms with Crippen molar-refractivity contribution in [3.8, 4) is 5.82 Å². The lowest BCUT2D eigenvalue weighted by molar-refractivity contribution is -0.324. The minimum atomic E-state index is -4.81. The average molecular weight is 416 g/mol. The van der Waals surface area contributed by atoms with Crippen LogP contribution >= 0.6 is 0 Å². The van der Waals surface area contributed by atoms with Crippen molar-refractivity contribution in [3.05, 3.63) is 36.0 Å². The molecule has 156 valence electrons. The van der Waals surface area contributed by atoms with E-state index in [1.165, 1.54) is 28.0 Å².